The minimum absolute atomic E-state index is 0.0192. The van der Waals surface area contributed by atoms with Gasteiger partial charge < -0.3 is 10.1 Å². The van der Waals surface area contributed by atoms with E-state index < -0.39 is 23.4 Å². The molecular weight excluding hydrogens is 445 g/mol. The number of ether oxygens (including phenoxy) is 1. The van der Waals surface area contributed by atoms with Crippen molar-refractivity contribution in [2.24, 2.45) is 0 Å². The van der Waals surface area contributed by atoms with Crippen LogP contribution < -0.4 is 10.9 Å². The predicted molar refractivity (Wildman–Crippen MR) is 114 cm³/mol. The van der Waals surface area contributed by atoms with Gasteiger partial charge in [-0.2, -0.15) is 23.0 Å². The van der Waals surface area contributed by atoms with Crippen LogP contribution in [0.2, 0.25) is 0 Å². The van der Waals surface area contributed by atoms with Gasteiger partial charge in [0.25, 0.3) is 5.56 Å². The van der Waals surface area contributed by atoms with Crippen LogP contribution in [-0.2, 0) is 10.9 Å². The summed E-state index contributed by atoms with van der Waals surface area (Å²) in [5.41, 5.74) is -1.52. The molecule has 0 bridgehead atoms. The first-order valence-electron chi connectivity index (χ1n) is 9.21. The molecule has 32 heavy (non-hydrogen) atoms. The molecule has 164 valence electrons. The van der Waals surface area contributed by atoms with Crippen LogP contribution in [0.3, 0.4) is 0 Å². The fourth-order valence-corrected chi connectivity index (χ4v) is 3.97. The maximum Gasteiger partial charge on any atom is 0.435 e. The number of thiazole rings is 1. The number of hydrogen-bond donors (Lipinski definition) is 1. The van der Waals surface area contributed by atoms with E-state index >= 15 is 0 Å². The van der Waals surface area contributed by atoms with Gasteiger partial charge in [-0.15, -0.1) is 0 Å². The van der Waals surface area contributed by atoms with Crippen molar-refractivity contribution in [3.63, 3.8) is 0 Å². The summed E-state index contributed by atoms with van der Waals surface area (Å²) in [4.78, 5) is 29.0. The van der Waals surface area contributed by atoms with Crippen molar-refractivity contribution >= 4 is 38.9 Å². The van der Waals surface area contributed by atoms with Crippen LogP contribution in [-0.4, -0.2) is 27.8 Å². The number of nitrogens with one attached hydrogen (secondary N) is 1. The van der Waals surface area contributed by atoms with Gasteiger partial charge in [0, 0.05) is 11.3 Å². The van der Waals surface area contributed by atoms with Crippen LogP contribution in [0, 0.1) is 6.92 Å². The molecule has 1 N–H and O–H groups in total. The molecule has 2 heterocycles. The van der Waals surface area contributed by atoms with Crippen LogP contribution in [0.1, 0.15) is 21.6 Å². The third kappa shape index (κ3) is 3.94. The summed E-state index contributed by atoms with van der Waals surface area (Å²) in [6.45, 7) is 1.17. The predicted octanol–water partition coefficient (Wildman–Crippen LogP) is 4.70. The van der Waals surface area contributed by atoms with Crippen molar-refractivity contribution in [2.45, 2.75) is 13.1 Å². The van der Waals surface area contributed by atoms with Crippen molar-refractivity contribution in [1.29, 1.82) is 0 Å². The molecule has 0 radical (unpaired) electrons. The van der Waals surface area contributed by atoms with Crippen LogP contribution in [0.25, 0.3) is 15.3 Å². The summed E-state index contributed by atoms with van der Waals surface area (Å²) in [5.74, 6) is -0.561. The molecular formula is C21H15F3N4O3S. The largest absolute Gasteiger partial charge is 0.465 e. The van der Waals surface area contributed by atoms with Gasteiger partial charge in [-0.1, -0.05) is 23.5 Å². The fraction of sp³-hybridized carbons (Fsp3) is 0.143. The Morgan fingerprint density at radius 2 is 1.81 bits per heavy atom. The maximum absolute atomic E-state index is 13.7. The first-order chi connectivity index (χ1) is 15.2. The van der Waals surface area contributed by atoms with Gasteiger partial charge in [-0.3, -0.25) is 4.79 Å². The summed E-state index contributed by atoms with van der Waals surface area (Å²) in [7, 11) is 1.23. The molecule has 2 aromatic heterocycles. The van der Waals surface area contributed by atoms with E-state index in [4.69, 9.17) is 0 Å². The van der Waals surface area contributed by atoms with E-state index in [0.717, 1.165) is 11.3 Å². The third-order valence-electron chi connectivity index (χ3n) is 4.64. The Balaban J connectivity index is 1.85. The smallest absolute Gasteiger partial charge is 0.435 e. The zero-order valence-corrected chi connectivity index (χ0v) is 17.5. The lowest BCUT2D eigenvalue weighted by Crippen LogP contribution is -2.29. The molecule has 0 aliphatic carbocycles. The van der Waals surface area contributed by atoms with Gasteiger partial charge in [0.2, 0.25) is 5.13 Å². The Hall–Kier alpha value is -3.73. The zero-order valence-electron chi connectivity index (χ0n) is 16.7. The van der Waals surface area contributed by atoms with Crippen LogP contribution >= 0.6 is 11.3 Å². The number of carbonyl (C=O) groups is 1. The molecule has 0 saturated carbocycles. The van der Waals surface area contributed by atoms with E-state index in [-0.39, 0.29) is 21.9 Å². The fourth-order valence-electron chi connectivity index (χ4n) is 3.05. The Morgan fingerprint density at radius 3 is 2.44 bits per heavy atom. The summed E-state index contributed by atoms with van der Waals surface area (Å²) in [5, 5.41) is 6.34. The molecule has 7 nitrogen and oxygen atoms in total. The number of alkyl halides is 3. The summed E-state index contributed by atoms with van der Waals surface area (Å²) in [6.07, 6.45) is -4.79. The van der Waals surface area contributed by atoms with Crippen LogP contribution in [0.5, 0.6) is 0 Å². The van der Waals surface area contributed by atoms with Crippen molar-refractivity contribution < 1.29 is 22.7 Å². The van der Waals surface area contributed by atoms with Crippen molar-refractivity contribution in [2.75, 3.05) is 12.4 Å². The second-order valence-electron chi connectivity index (χ2n) is 6.72. The van der Waals surface area contributed by atoms with Crippen molar-refractivity contribution in [3.8, 4) is 5.13 Å². The highest BCUT2D eigenvalue weighted by Gasteiger charge is 2.37. The molecule has 0 saturated heterocycles. The molecule has 2 aromatic carbocycles. The lowest BCUT2D eigenvalue weighted by Gasteiger charge is -2.16. The van der Waals surface area contributed by atoms with E-state index in [1.165, 1.54) is 38.3 Å². The number of carbonyl (C=O) groups excluding carboxylic acids is 1. The van der Waals surface area contributed by atoms with Gasteiger partial charge in [-0.05, 0) is 43.3 Å². The number of aromatic nitrogens is 3. The number of benzene rings is 2. The Kier molecular flexibility index (Phi) is 5.43. The molecule has 0 unspecified atom stereocenters. The minimum atomic E-state index is -4.79. The first kappa shape index (κ1) is 21.5. The summed E-state index contributed by atoms with van der Waals surface area (Å²) in [6, 6.07) is 12.7. The molecule has 11 heteroatoms. The molecule has 0 spiro atoms. The lowest BCUT2D eigenvalue weighted by atomic mass is 10.1. The van der Waals surface area contributed by atoms with Crippen molar-refractivity contribution in [1.82, 2.24) is 14.8 Å². The van der Waals surface area contributed by atoms with E-state index in [2.05, 4.69) is 20.1 Å². The molecule has 0 amide bonds. The molecule has 0 aliphatic rings. The number of nitrogens with zero attached hydrogens (tertiary/aromatic N) is 3. The molecule has 0 atom stereocenters. The van der Waals surface area contributed by atoms with Gasteiger partial charge in [0.1, 0.15) is 5.69 Å². The van der Waals surface area contributed by atoms with Crippen molar-refractivity contribution in [3.05, 3.63) is 75.7 Å². The topological polar surface area (TPSA) is 86.1 Å². The SMILES string of the molecule is COC(=O)c1ccc(Nc2c(C)c(C(F)(F)F)nn(-c3nc4ccccc4s3)c2=O)cc1. The molecule has 4 rings (SSSR count). The quantitative estimate of drug-likeness (QED) is 0.445. The number of fused-ring (bicyclic) bond motifs is 1. The van der Waals surface area contributed by atoms with Gasteiger partial charge >= 0.3 is 12.1 Å². The Bertz CT molecular complexity index is 1350. The zero-order chi connectivity index (χ0) is 23.0. The van der Waals surface area contributed by atoms with Crippen LogP contribution in [0.15, 0.2) is 53.3 Å². The summed E-state index contributed by atoms with van der Waals surface area (Å²) < 4.78 is 47.1. The van der Waals surface area contributed by atoms with E-state index in [0.29, 0.717) is 20.6 Å². The molecule has 0 fully saturated rings. The number of esters is 1. The minimum Gasteiger partial charge on any atom is -0.465 e. The highest BCUT2D eigenvalue weighted by atomic mass is 32.1. The number of para-hydroxylation sites is 1. The Morgan fingerprint density at radius 1 is 1.12 bits per heavy atom. The van der Waals surface area contributed by atoms with Crippen LogP contribution in [0.4, 0.5) is 24.5 Å². The molecule has 0 aliphatic heterocycles. The first-order valence-corrected chi connectivity index (χ1v) is 10.0. The number of methoxy groups -OCH3 is 1. The number of halogens is 3. The summed E-state index contributed by atoms with van der Waals surface area (Å²) >= 11 is 1.06. The van der Waals surface area contributed by atoms with Gasteiger partial charge in [0.15, 0.2) is 5.69 Å². The third-order valence-corrected chi connectivity index (χ3v) is 5.66. The number of hydrogen-bond acceptors (Lipinski definition) is 7. The highest BCUT2D eigenvalue weighted by Crippen LogP contribution is 2.33. The normalized spacial score (nSPS) is 11.5. The maximum atomic E-state index is 13.7. The van der Waals surface area contributed by atoms with Gasteiger partial charge in [-0.25, -0.2) is 9.78 Å². The van der Waals surface area contributed by atoms with Gasteiger partial charge in [0.05, 0.1) is 22.9 Å². The van der Waals surface area contributed by atoms with E-state index in [1.807, 2.05) is 0 Å². The average molecular weight is 460 g/mol. The second-order valence-corrected chi connectivity index (χ2v) is 7.73. The standard InChI is InChI=1S/C21H15F3N4O3S/c1-11-16(25-13-9-7-12(8-10-13)19(30)31-2)18(29)28(27-17(11)21(22,23)24)20-26-14-5-3-4-6-15(14)32-20/h3-10,25H,1-2H3. The lowest BCUT2D eigenvalue weighted by molar-refractivity contribution is -0.142. The van der Waals surface area contributed by atoms with E-state index in [1.54, 1.807) is 24.3 Å². The van der Waals surface area contributed by atoms with E-state index in [9.17, 15) is 22.8 Å². The molecule has 4 aromatic rings. The number of anilines is 2. The second kappa shape index (κ2) is 8.08. The Labute approximate surface area is 183 Å². The highest BCUT2D eigenvalue weighted by molar-refractivity contribution is 7.20. The monoisotopic (exact) mass is 460 g/mol. The number of rotatable bonds is 4. The average Bonchev–Trinajstić information content (AvgIpc) is 3.19.